The third-order valence-corrected chi connectivity index (χ3v) is 5.43. The molecule has 0 radical (unpaired) electrons. The number of nitrogens with zero attached hydrogens (tertiary/aromatic N) is 4. The van der Waals surface area contributed by atoms with E-state index in [2.05, 4.69) is 14.0 Å². The number of para-hydroxylation sites is 1. The largest absolute Gasteiger partial charge is 0.347 e. The highest BCUT2D eigenvalue weighted by molar-refractivity contribution is 8.17. The van der Waals surface area contributed by atoms with Gasteiger partial charge in [-0.15, -0.1) is 10.2 Å². The van der Waals surface area contributed by atoms with Gasteiger partial charge in [0.1, 0.15) is 16.1 Å². The Morgan fingerprint density at radius 2 is 1.84 bits per heavy atom. The van der Waals surface area contributed by atoms with Gasteiger partial charge in [0.25, 0.3) is 0 Å². The number of aromatic nitrogens is 3. The van der Waals surface area contributed by atoms with Gasteiger partial charge in [-0.1, -0.05) is 22.0 Å². The van der Waals surface area contributed by atoms with Crippen LogP contribution < -0.4 is 0 Å². The molecule has 1 aromatic carbocycles. The molecule has 0 saturated carbocycles. The molecule has 0 fully saturated rings. The maximum atomic E-state index is 12.3. The zero-order valence-electron chi connectivity index (χ0n) is 9.67. The summed E-state index contributed by atoms with van der Waals surface area (Å²) in [7, 11) is -2.57. The average molecular weight is 321 g/mol. The van der Waals surface area contributed by atoms with Gasteiger partial charge in [0.2, 0.25) is 5.16 Å². The molecule has 1 atom stereocenters. The van der Waals surface area contributed by atoms with E-state index in [0.717, 1.165) is 6.26 Å². The lowest BCUT2D eigenvalue weighted by atomic mass is 10.3. The van der Waals surface area contributed by atoms with Crippen LogP contribution in [0.2, 0.25) is 0 Å². The Balaban J connectivity index is 2.65. The van der Waals surface area contributed by atoms with E-state index in [4.69, 9.17) is 10.7 Å². The van der Waals surface area contributed by atoms with E-state index in [1.807, 2.05) is 6.07 Å². The maximum absolute atomic E-state index is 12.3. The van der Waals surface area contributed by atoms with Crippen molar-refractivity contribution in [3.05, 3.63) is 36.7 Å². The summed E-state index contributed by atoms with van der Waals surface area (Å²) in [5.41, 5.74) is 0.638. The summed E-state index contributed by atoms with van der Waals surface area (Å²) < 4.78 is 38.7. The highest BCUT2D eigenvalue weighted by Gasteiger charge is 2.19. The van der Waals surface area contributed by atoms with Gasteiger partial charge in [-0.25, -0.2) is 4.21 Å². The molecule has 102 valence electrons. The minimum Gasteiger partial charge on any atom is -0.274 e. The Bertz CT molecular complexity index is 807. The molecule has 2 aromatic rings. The molecule has 0 N–H and O–H groups in total. The van der Waals surface area contributed by atoms with Gasteiger partial charge in [0.15, 0.2) is 0 Å². The van der Waals surface area contributed by atoms with E-state index in [0.29, 0.717) is 5.69 Å². The summed E-state index contributed by atoms with van der Waals surface area (Å²) in [6.45, 7) is 0. The van der Waals surface area contributed by atoms with Crippen molar-refractivity contribution >= 4 is 29.6 Å². The van der Waals surface area contributed by atoms with Crippen LogP contribution in [-0.2, 0) is 19.0 Å². The fourth-order valence-corrected chi connectivity index (χ4v) is 4.76. The van der Waals surface area contributed by atoms with Crippen molar-refractivity contribution in [2.24, 2.45) is 3.77 Å². The molecule has 0 amide bonds. The van der Waals surface area contributed by atoms with Crippen LogP contribution in [-0.4, -0.2) is 33.6 Å². The quantitative estimate of drug-likeness (QED) is 0.792. The van der Waals surface area contributed by atoms with Crippen molar-refractivity contribution in [1.29, 1.82) is 0 Å². The average Bonchev–Trinajstić information content (AvgIpc) is 2.76. The molecule has 1 unspecified atom stereocenters. The second-order valence-corrected chi connectivity index (χ2v) is 8.17. The number of rotatable bonds is 3. The Hall–Kier alpha value is -1.45. The van der Waals surface area contributed by atoms with Crippen LogP contribution in [0, 0.1) is 0 Å². The van der Waals surface area contributed by atoms with Gasteiger partial charge in [-0.3, -0.25) is 4.57 Å². The molecule has 0 aliphatic heterocycles. The second kappa shape index (κ2) is 4.91. The first-order chi connectivity index (χ1) is 8.80. The summed E-state index contributed by atoms with van der Waals surface area (Å²) in [5, 5.41) is 7.22. The molecule has 0 saturated heterocycles. The highest BCUT2D eigenvalue weighted by Crippen LogP contribution is 2.16. The minimum absolute atomic E-state index is 0.0806. The first-order valence-electron chi connectivity index (χ1n) is 4.93. The summed E-state index contributed by atoms with van der Waals surface area (Å²) in [4.78, 5) is 0. The van der Waals surface area contributed by atoms with Crippen LogP contribution in [0.15, 0.2) is 45.6 Å². The summed E-state index contributed by atoms with van der Waals surface area (Å²) in [5.74, 6) is 0. The summed E-state index contributed by atoms with van der Waals surface area (Å²) in [6.07, 6.45) is 2.46. The highest BCUT2D eigenvalue weighted by atomic mass is 35.7. The van der Waals surface area contributed by atoms with E-state index in [-0.39, 0.29) is 5.16 Å². The zero-order chi connectivity index (χ0) is 14.1. The molecule has 19 heavy (non-hydrogen) atoms. The summed E-state index contributed by atoms with van der Waals surface area (Å²) >= 11 is 0. The van der Waals surface area contributed by atoms with E-state index in [1.165, 1.54) is 10.9 Å². The molecule has 7 nitrogen and oxygen atoms in total. The van der Waals surface area contributed by atoms with Crippen LogP contribution >= 0.6 is 10.7 Å². The SMILES string of the molecule is CS(=O)(=NS(=O)(=O)Cl)c1nncn1-c1ccccc1. The molecular formula is C9H9ClN4O3S2. The van der Waals surface area contributed by atoms with Gasteiger partial charge in [0, 0.05) is 22.6 Å². The van der Waals surface area contributed by atoms with Crippen molar-refractivity contribution < 1.29 is 12.6 Å². The van der Waals surface area contributed by atoms with Gasteiger partial charge in [-0.05, 0) is 12.1 Å². The van der Waals surface area contributed by atoms with Crippen molar-refractivity contribution in [3.8, 4) is 5.69 Å². The molecule has 2 rings (SSSR count). The monoisotopic (exact) mass is 320 g/mol. The molecule has 0 aliphatic rings. The van der Waals surface area contributed by atoms with Crippen LogP contribution in [0.25, 0.3) is 5.69 Å². The van der Waals surface area contributed by atoms with Crippen molar-refractivity contribution in [2.75, 3.05) is 6.26 Å². The minimum atomic E-state index is -4.27. The predicted molar refractivity (Wildman–Crippen MR) is 70.9 cm³/mol. The second-order valence-electron chi connectivity index (χ2n) is 3.61. The van der Waals surface area contributed by atoms with E-state index in [9.17, 15) is 12.6 Å². The van der Waals surface area contributed by atoms with Crippen LogP contribution in [0.1, 0.15) is 0 Å². The Labute approximate surface area is 115 Å². The smallest absolute Gasteiger partial charge is 0.274 e. The normalized spacial score (nSPS) is 14.8. The first-order valence-corrected chi connectivity index (χ1v) is 9.12. The van der Waals surface area contributed by atoms with E-state index in [1.54, 1.807) is 24.3 Å². The molecule has 0 aliphatic carbocycles. The lowest BCUT2D eigenvalue weighted by molar-refractivity contribution is 0.611. The van der Waals surface area contributed by atoms with Crippen molar-refractivity contribution in [3.63, 3.8) is 0 Å². The molecule has 0 bridgehead atoms. The molecule has 1 heterocycles. The fourth-order valence-electron chi connectivity index (χ4n) is 1.45. The predicted octanol–water partition coefficient (Wildman–Crippen LogP) is 1.21. The fraction of sp³-hybridized carbons (Fsp3) is 0.111. The van der Waals surface area contributed by atoms with Crippen LogP contribution in [0.5, 0.6) is 0 Å². The molecule has 1 aromatic heterocycles. The number of hydrogen-bond acceptors (Lipinski definition) is 5. The standard InChI is InChI=1S/C9H9ClN4O3S2/c1-18(15,13-19(10,16)17)9-12-11-7-14(9)8-5-3-2-4-6-8/h2-7H,1H3. The topological polar surface area (TPSA) is 94.3 Å². The Kier molecular flexibility index (Phi) is 3.61. The summed E-state index contributed by atoms with van der Waals surface area (Å²) in [6, 6.07) is 8.82. The zero-order valence-corrected chi connectivity index (χ0v) is 12.1. The number of hydrogen-bond donors (Lipinski definition) is 0. The van der Waals surface area contributed by atoms with E-state index < -0.39 is 19.0 Å². The van der Waals surface area contributed by atoms with Gasteiger partial charge in [0.05, 0.1) is 0 Å². The molecule has 0 spiro atoms. The van der Waals surface area contributed by atoms with Crippen molar-refractivity contribution in [2.45, 2.75) is 5.16 Å². The van der Waals surface area contributed by atoms with Gasteiger partial charge < -0.3 is 0 Å². The van der Waals surface area contributed by atoms with Crippen LogP contribution in [0.4, 0.5) is 0 Å². The van der Waals surface area contributed by atoms with Crippen LogP contribution in [0.3, 0.4) is 0 Å². The molecule has 10 heteroatoms. The molecular weight excluding hydrogens is 312 g/mol. The third kappa shape index (κ3) is 3.31. The lowest BCUT2D eigenvalue weighted by Gasteiger charge is -2.06. The number of halogens is 1. The van der Waals surface area contributed by atoms with Gasteiger partial charge in [-0.2, -0.15) is 8.42 Å². The lowest BCUT2D eigenvalue weighted by Crippen LogP contribution is -2.08. The first kappa shape index (κ1) is 14.0. The van der Waals surface area contributed by atoms with E-state index >= 15 is 0 Å². The Morgan fingerprint density at radius 3 is 2.42 bits per heavy atom. The van der Waals surface area contributed by atoms with Gasteiger partial charge >= 0.3 is 9.24 Å². The maximum Gasteiger partial charge on any atom is 0.347 e. The Morgan fingerprint density at radius 1 is 1.21 bits per heavy atom. The number of benzene rings is 1. The van der Waals surface area contributed by atoms with Crippen molar-refractivity contribution in [1.82, 2.24) is 14.8 Å². The third-order valence-electron chi connectivity index (χ3n) is 2.12.